The summed E-state index contributed by atoms with van der Waals surface area (Å²) >= 11 is 0. The van der Waals surface area contributed by atoms with Crippen LogP contribution in [0.25, 0.3) is 0 Å². The van der Waals surface area contributed by atoms with E-state index in [1.54, 1.807) is 29.1 Å². The molecule has 4 nitrogen and oxygen atoms in total. The molecule has 0 amide bonds. The van der Waals surface area contributed by atoms with Crippen molar-refractivity contribution in [1.29, 1.82) is 0 Å². The summed E-state index contributed by atoms with van der Waals surface area (Å²) in [7, 11) is 0. The zero-order valence-electron chi connectivity index (χ0n) is 11.5. The van der Waals surface area contributed by atoms with Crippen molar-refractivity contribution in [2.75, 3.05) is 5.32 Å². The maximum absolute atomic E-state index is 13.2. The van der Waals surface area contributed by atoms with Gasteiger partial charge in [0, 0.05) is 30.4 Å². The molecule has 1 heterocycles. The summed E-state index contributed by atoms with van der Waals surface area (Å²) in [4.78, 5) is 16.4. The highest BCUT2D eigenvalue weighted by Gasteiger charge is 2.39. The Labute approximate surface area is 121 Å². The first kappa shape index (κ1) is 12.6. The van der Waals surface area contributed by atoms with Crippen molar-refractivity contribution in [1.82, 2.24) is 9.55 Å². The van der Waals surface area contributed by atoms with E-state index in [2.05, 4.69) is 10.3 Å². The number of benzene rings is 1. The summed E-state index contributed by atoms with van der Waals surface area (Å²) in [6.45, 7) is 0. The standard InChI is InChI=1S/C16H16FN3O/c17-11-3-1-2-10(8-11)13-9-14(13)19-15-16(21)20(7-6-18-15)12-4-5-12/h1-3,6-8,12-14H,4-5,9H2,(H,18,19)/t13-,14+/m0/s1. The maximum Gasteiger partial charge on any atom is 0.293 e. The molecular weight excluding hydrogens is 269 g/mol. The molecule has 1 aromatic carbocycles. The first-order valence-corrected chi connectivity index (χ1v) is 7.31. The number of anilines is 1. The molecule has 1 aromatic heterocycles. The Balaban J connectivity index is 1.51. The lowest BCUT2D eigenvalue weighted by Gasteiger charge is -2.08. The number of nitrogens with one attached hydrogen (secondary N) is 1. The lowest BCUT2D eigenvalue weighted by Crippen LogP contribution is -2.24. The molecule has 0 aliphatic heterocycles. The van der Waals surface area contributed by atoms with Crippen LogP contribution in [0, 0.1) is 5.82 Å². The molecule has 21 heavy (non-hydrogen) atoms. The summed E-state index contributed by atoms with van der Waals surface area (Å²) in [5.74, 6) is 0.455. The average molecular weight is 285 g/mol. The summed E-state index contributed by atoms with van der Waals surface area (Å²) in [5, 5.41) is 3.21. The Hall–Kier alpha value is -2.17. The van der Waals surface area contributed by atoms with Crippen molar-refractivity contribution in [3.05, 3.63) is 58.4 Å². The van der Waals surface area contributed by atoms with E-state index in [1.165, 1.54) is 6.07 Å². The van der Waals surface area contributed by atoms with Crippen molar-refractivity contribution in [3.63, 3.8) is 0 Å². The van der Waals surface area contributed by atoms with E-state index in [4.69, 9.17) is 0 Å². The number of aromatic nitrogens is 2. The Bertz CT molecular complexity index is 738. The van der Waals surface area contributed by atoms with Crippen molar-refractivity contribution < 1.29 is 4.39 Å². The summed E-state index contributed by atoms with van der Waals surface area (Å²) < 4.78 is 15.0. The van der Waals surface area contributed by atoms with Crippen LogP contribution in [0.2, 0.25) is 0 Å². The van der Waals surface area contributed by atoms with Gasteiger partial charge in [-0.2, -0.15) is 0 Å². The predicted octanol–water partition coefficient (Wildman–Crippen LogP) is 2.69. The van der Waals surface area contributed by atoms with Gasteiger partial charge in [0.1, 0.15) is 5.82 Å². The monoisotopic (exact) mass is 285 g/mol. The number of hydrogen-bond acceptors (Lipinski definition) is 3. The van der Waals surface area contributed by atoms with E-state index in [9.17, 15) is 9.18 Å². The highest BCUT2D eigenvalue weighted by molar-refractivity contribution is 5.40. The maximum atomic E-state index is 13.2. The van der Waals surface area contributed by atoms with E-state index in [0.29, 0.717) is 11.9 Å². The van der Waals surface area contributed by atoms with Crippen molar-refractivity contribution in [3.8, 4) is 0 Å². The van der Waals surface area contributed by atoms with Crippen molar-refractivity contribution in [2.24, 2.45) is 0 Å². The van der Waals surface area contributed by atoms with Gasteiger partial charge < -0.3 is 9.88 Å². The molecule has 5 heteroatoms. The lowest BCUT2D eigenvalue weighted by atomic mass is 10.1. The van der Waals surface area contributed by atoms with Gasteiger partial charge >= 0.3 is 0 Å². The molecule has 0 radical (unpaired) electrons. The highest BCUT2D eigenvalue weighted by atomic mass is 19.1. The smallest absolute Gasteiger partial charge is 0.293 e. The summed E-state index contributed by atoms with van der Waals surface area (Å²) in [6.07, 6.45) is 6.46. The largest absolute Gasteiger partial charge is 0.362 e. The number of nitrogens with zero attached hydrogens (tertiary/aromatic N) is 2. The highest BCUT2D eigenvalue weighted by Crippen LogP contribution is 2.42. The van der Waals surface area contributed by atoms with Crippen LogP contribution in [-0.4, -0.2) is 15.6 Å². The molecule has 0 bridgehead atoms. The Morgan fingerprint density at radius 2 is 2.19 bits per heavy atom. The van der Waals surface area contributed by atoms with Crippen molar-refractivity contribution in [2.45, 2.75) is 37.3 Å². The third-order valence-electron chi connectivity index (χ3n) is 4.20. The molecule has 1 N–H and O–H groups in total. The second kappa shape index (κ2) is 4.69. The fourth-order valence-electron chi connectivity index (χ4n) is 2.80. The number of halogens is 1. The van der Waals surface area contributed by atoms with Crippen LogP contribution in [0.3, 0.4) is 0 Å². The zero-order valence-corrected chi connectivity index (χ0v) is 11.5. The van der Waals surface area contributed by atoms with Gasteiger partial charge in [-0.15, -0.1) is 0 Å². The van der Waals surface area contributed by atoms with E-state index in [0.717, 1.165) is 24.8 Å². The van der Waals surface area contributed by atoms with E-state index >= 15 is 0 Å². The minimum atomic E-state index is -0.216. The van der Waals surface area contributed by atoms with E-state index in [-0.39, 0.29) is 23.3 Å². The zero-order chi connectivity index (χ0) is 14.4. The SMILES string of the molecule is O=c1c(N[C@@H]2C[C@H]2c2cccc(F)c2)nccn1C1CC1. The molecular formula is C16H16FN3O. The second-order valence-corrected chi connectivity index (χ2v) is 5.87. The van der Waals surface area contributed by atoms with Gasteiger partial charge in [0.15, 0.2) is 5.82 Å². The molecule has 2 saturated carbocycles. The first-order chi connectivity index (χ1) is 10.2. The quantitative estimate of drug-likeness (QED) is 0.939. The van der Waals surface area contributed by atoms with Crippen LogP contribution < -0.4 is 10.9 Å². The predicted molar refractivity (Wildman–Crippen MR) is 77.9 cm³/mol. The minimum absolute atomic E-state index is 0.0510. The van der Waals surface area contributed by atoms with Gasteiger partial charge in [-0.3, -0.25) is 4.79 Å². The van der Waals surface area contributed by atoms with Crippen LogP contribution in [0.15, 0.2) is 41.5 Å². The number of rotatable bonds is 4. The molecule has 2 aliphatic rings. The van der Waals surface area contributed by atoms with E-state index in [1.807, 2.05) is 6.07 Å². The van der Waals surface area contributed by atoms with Gasteiger partial charge in [0.25, 0.3) is 5.56 Å². The molecule has 4 rings (SSSR count). The molecule has 2 aliphatic carbocycles. The van der Waals surface area contributed by atoms with Gasteiger partial charge in [0.2, 0.25) is 0 Å². The van der Waals surface area contributed by atoms with Crippen LogP contribution in [-0.2, 0) is 0 Å². The molecule has 2 atom stereocenters. The normalized spacial score (nSPS) is 23.9. The second-order valence-electron chi connectivity index (χ2n) is 5.87. The topological polar surface area (TPSA) is 46.9 Å². The third kappa shape index (κ3) is 2.44. The van der Waals surface area contributed by atoms with Crippen LogP contribution in [0.5, 0.6) is 0 Å². The van der Waals surface area contributed by atoms with Crippen molar-refractivity contribution >= 4 is 5.82 Å². The lowest BCUT2D eigenvalue weighted by molar-refractivity contribution is 0.625. The fourth-order valence-corrected chi connectivity index (χ4v) is 2.80. The van der Waals surface area contributed by atoms with E-state index < -0.39 is 0 Å². The fraction of sp³-hybridized carbons (Fsp3) is 0.375. The molecule has 0 unspecified atom stereocenters. The van der Waals surface area contributed by atoms with Gasteiger partial charge in [-0.25, -0.2) is 9.37 Å². The molecule has 0 saturated heterocycles. The van der Waals surface area contributed by atoms with Crippen LogP contribution >= 0.6 is 0 Å². The van der Waals surface area contributed by atoms with Gasteiger partial charge in [0.05, 0.1) is 0 Å². The van der Waals surface area contributed by atoms with Gasteiger partial charge in [-0.05, 0) is 37.0 Å². The first-order valence-electron chi connectivity index (χ1n) is 7.31. The number of hydrogen-bond donors (Lipinski definition) is 1. The van der Waals surface area contributed by atoms with Gasteiger partial charge in [-0.1, -0.05) is 12.1 Å². The molecule has 2 fully saturated rings. The Morgan fingerprint density at radius 1 is 1.33 bits per heavy atom. The molecule has 2 aromatic rings. The van der Waals surface area contributed by atoms with Crippen LogP contribution in [0.4, 0.5) is 10.2 Å². The summed E-state index contributed by atoms with van der Waals surface area (Å²) in [5.41, 5.74) is 0.927. The summed E-state index contributed by atoms with van der Waals surface area (Å²) in [6, 6.07) is 7.17. The average Bonchev–Trinajstić information content (AvgIpc) is 3.35. The minimum Gasteiger partial charge on any atom is -0.362 e. The Morgan fingerprint density at radius 3 is 2.95 bits per heavy atom. The third-order valence-corrected chi connectivity index (χ3v) is 4.20. The molecule has 108 valence electrons. The molecule has 0 spiro atoms. The Kier molecular flexibility index (Phi) is 2.80. The van der Waals surface area contributed by atoms with Crippen LogP contribution in [0.1, 0.15) is 36.8 Å².